The maximum Gasteiger partial charge on any atom is 0.458 e. The van der Waals surface area contributed by atoms with Crippen molar-refractivity contribution < 1.29 is 59.7 Å². The fraction of sp³-hybridized carbons (Fsp3) is 0.212. The molecule has 5 N–H and O–H groups in total. The summed E-state index contributed by atoms with van der Waals surface area (Å²) in [6.45, 7) is 0.801. The van der Waals surface area contributed by atoms with Crippen LogP contribution in [0.2, 0.25) is 0 Å². The summed E-state index contributed by atoms with van der Waals surface area (Å²) in [6.07, 6.45) is -3.16. The third-order valence-electron chi connectivity index (χ3n) is 11.2. The minimum Gasteiger partial charge on any atom is -0.493 e. The molecular weight excluding hydrogens is 935 g/mol. The van der Waals surface area contributed by atoms with E-state index in [1.165, 1.54) is 34.9 Å². The predicted octanol–water partition coefficient (Wildman–Crippen LogP) is 10.2. The number of ketones is 2. The Morgan fingerprint density at radius 3 is 1.52 bits per heavy atom. The fourth-order valence-electron chi connectivity index (χ4n) is 7.77. The van der Waals surface area contributed by atoms with E-state index < -0.39 is 23.9 Å². The summed E-state index contributed by atoms with van der Waals surface area (Å²) in [4.78, 5) is 44.5. The van der Waals surface area contributed by atoms with E-state index in [2.05, 4.69) is 79.9 Å². The molecule has 2 aliphatic rings. The number of nitrogens with zero attached hydrogens (tertiary/aromatic N) is 2. The number of imidazole rings is 2. The molecule has 2 aliphatic carbocycles. The highest BCUT2D eigenvalue weighted by Gasteiger charge is 2.54. The molecule has 8 aromatic rings. The number of carbonyl (C=O) groups is 3. The predicted molar refractivity (Wildman–Crippen MR) is 252 cm³/mol. The van der Waals surface area contributed by atoms with Crippen molar-refractivity contribution in [3.05, 3.63) is 167 Å². The summed E-state index contributed by atoms with van der Waals surface area (Å²) in [5.74, 6) is -2.91. The van der Waals surface area contributed by atoms with Crippen LogP contribution in [0.3, 0.4) is 0 Å². The average Bonchev–Trinajstić information content (AvgIpc) is 4.19. The summed E-state index contributed by atoms with van der Waals surface area (Å²) in [7, 11) is 3.21. The van der Waals surface area contributed by atoms with Crippen molar-refractivity contribution >= 4 is 39.9 Å². The number of nitrogens with one attached hydrogen (secondary N) is 3. The second kappa shape index (κ2) is 22.6. The van der Waals surface area contributed by atoms with Gasteiger partial charge in [-0.15, -0.1) is 0 Å². The van der Waals surface area contributed by atoms with Gasteiger partial charge in [0.25, 0.3) is 0 Å². The number of aromatic nitrogens is 4. The van der Waals surface area contributed by atoms with Crippen LogP contribution in [0.4, 0.5) is 26.3 Å². The Kier molecular flexibility index (Phi) is 16.2. The van der Waals surface area contributed by atoms with Crippen LogP contribution in [0.5, 0.6) is 34.5 Å². The van der Waals surface area contributed by atoms with Crippen molar-refractivity contribution in [2.45, 2.75) is 56.7 Å². The first kappa shape index (κ1) is 50.8. The molecule has 0 radical (unpaired) electrons. The number of hydrogen-bond donors (Lipinski definition) is 4. The summed E-state index contributed by atoms with van der Waals surface area (Å²) >= 11 is 0. The molecule has 19 heteroatoms. The van der Waals surface area contributed by atoms with Crippen molar-refractivity contribution in [3.63, 3.8) is 0 Å². The van der Waals surface area contributed by atoms with Gasteiger partial charge in [0, 0.05) is 36.3 Å². The Labute approximate surface area is 402 Å². The van der Waals surface area contributed by atoms with Gasteiger partial charge in [0.15, 0.2) is 23.0 Å². The van der Waals surface area contributed by atoms with Crippen LogP contribution in [0, 0.1) is 0 Å². The molecule has 368 valence electrons. The van der Waals surface area contributed by atoms with Crippen molar-refractivity contribution in [2.24, 2.45) is 5.73 Å². The van der Waals surface area contributed by atoms with Gasteiger partial charge in [-0.1, -0.05) is 54.6 Å². The van der Waals surface area contributed by atoms with E-state index in [0.29, 0.717) is 40.6 Å². The zero-order valence-electron chi connectivity index (χ0n) is 38.1. The lowest BCUT2D eigenvalue weighted by molar-refractivity contribution is -0.193. The van der Waals surface area contributed by atoms with Gasteiger partial charge >= 0.3 is 23.9 Å². The highest BCUT2D eigenvalue weighted by Crippen LogP contribution is 2.35. The molecule has 0 saturated carbocycles. The Hall–Kier alpha value is -8.03. The Balaban J connectivity index is 0.000000152. The summed E-state index contributed by atoms with van der Waals surface area (Å²) in [5.41, 5.74) is 16.9. The third-order valence-corrected chi connectivity index (χ3v) is 11.2. The van der Waals surface area contributed by atoms with E-state index in [1.54, 1.807) is 38.0 Å². The first-order valence-electron chi connectivity index (χ1n) is 21.9. The molecule has 2 aromatic heterocycles. The molecule has 0 bridgehead atoms. The van der Waals surface area contributed by atoms with E-state index in [4.69, 9.17) is 24.7 Å². The Morgan fingerprint density at radius 2 is 1.07 bits per heavy atom. The van der Waals surface area contributed by atoms with E-state index in [1.807, 2.05) is 48.5 Å². The van der Waals surface area contributed by atoms with Crippen molar-refractivity contribution in [1.82, 2.24) is 25.3 Å². The normalized spacial score (nSPS) is 13.1. The highest BCUT2D eigenvalue weighted by molar-refractivity contribution is 6.41. The summed E-state index contributed by atoms with van der Waals surface area (Å²) in [6, 6.07) is 40.5. The average molecular weight is 981 g/mol. The number of nitrogens with two attached hydrogens (primary N) is 1. The third kappa shape index (κ3) is 13.4. The van der Waals surface area contributed by atoms with Gasteiger partial charge in [-0.25, -0.2) is 9.97 Å². The van der Waals surface area contributed by atoms with Gasteiger partial charge in [-0.3, -0.25) is 14.4 Å². The van der Waals surface area contributed by atoms with Crippen LogP contribution in [-0.2, 0) is 41.8 Å². The maximum atomic E-state index is 11.2. The van der Waals surface area contributed by atoms with Crippen LogP contribution in [0.1, 0.15) is 38.2 Å². The first-order chi connectivity index (χ1) is 34.0. The number of rotatable bonds is 11. The quantitative estimate of drug-likeness (QED) is 0.0550. The number of aldehydes is 1. The van der Waals surface area contributed by atoms with E-state index in [-0.39, 0.29) is 0 Å². The lowest BCUT2D eigenvalue weighted by Crippen LogP contribution is -2.39. The smallest absolute Gasteiger partial charge is 0.458 e. The van der Waals surface area contributed by atoms with Crippen molar-refractivity contribution in [2.75, 3.05) is 14.2 Å². The van der Waals surface area contributed by atoms with Gasteiger partial charge in [-0.05, 0) is 108 Å². The molecule has 0 atom stereocenters. The number of Topliss-reactive ketones (excluding diaryl/α,β-unsaturated/α-hetero) is 2. The number of carbonyl (C=O) groups excluding carboxylic acids is 3. The van der Waals surface area contributed by atoms with E-state index in [0.717, 1.165) is 72.1 Å². The first-order valence-corrected chi connectivity index (χ1v) is 21.9. The molecule has 0 aliphatic heterocycles. The van der Waals surface area contributed by atoms with Gasteiger partial charge < -0.3 is 40.0 Å². The molecule has 0 unspecified atom stereocenters. The standard InChI is InChI=1S/C24H23N3O2.C15H12N2O3.C9H11N.C4F6O2/c1-28-24-10-16(14-25-19-11-17-4-2-3-5-18(17)12-19)6-9-23(24)29-20-7-8-21-22(13-20)27-15-26-21;1-19-15-6-10(8-18)2-5-14(15)20-11-3-4-12-13(7-11)17-9-16-12;10-9-5-7-3-1-2-4-8(7)6-9;5-3(6,7)1(11)2(12)4(8,9)10/h2-10,13,15,19,25H,11-12,14H2,1H3,(H,26,27);2-9H,1H3,(H,16,17);1-4,9H,5-6,10H2;. The monoisotopic (exact) mass is 980 g/mol. The second-order valence-corrected chi connectivity index (χ2v) is 16.2. The fourth-order valence-corrected chi connectivity index (χ4v) is 7.77. The van der Waals surface area contributed by atoms with Crippen LogP contribution in [0.15, 0.2) is 134 Å². The number of benzene rings is 6. The topological polar surface area (TPSA) is 184 Å². The lowest BCUT2D eigenvalue weighted by atomic mass is 10.1. The van der Waals surface area contributed by atoms with Gasteiger partial charge in [0.2, 0.25) is 0 Å². The van der Waals surface area contributed by atoms with Crippen molar-refractivity contribution in [3.8, 4) is 34.5 Å². The molecule has 71 heavy (non-hydrogen) atoms. The highest BCUT2D eigenvalue weighted by atomic mass is 19.4. The van der Waals surface area contributed by atoms with E-state index >= 15 is 0 Å². The zero-order chi connectivity index (χ0) is 50.7. The minimum absolute atomic E-state index is 0.373. The Morgan fingerprint density at radius 1 is 0.620 bits per heavy atom. The van der Waals surface area contributed by atoms with Gasteiger partial charge in [0.1, 0.15) is 17.8 Å². The van der Waals surface area contributed by atoms with Crippen LogP contribution in [-0.4, -0.2) is 76.4 Å². The SMILES string of the molecule is COc1cc(C=O)ccc1Oc1ccc2nc[nH]c2c1.COc1cc(CNC2Cc3ccccc3C2)ccc1Oc1ccc2nc[nH]c2c1.NC1Cc2ccccc2C1.O=C(C(=O)C(F)(F)F)C(F)(F)F. The zero-order valence-corrected chi connectivity index (χ0v) is 38.1. The largest absolute Gasteiger partial charge is 0.493 e. The number of methoxy groups -OCH3 is 2. The van der Waals surface area contributed by atoms with Gasteiger partial charge in [-0.2, -0.15) is 26.3 Å². The summed E-state index contributed by atoms with van der Waals surface area (Å²) in [5, 5.41) is 3.68. The number of hydrogen-bond acceptors (Lipinski definition) is 11. The summed E-state index contributed by atoms with van der Waals surface area (Å²) < 4.78 is 89.6. The van der Waals surface area contributed by atoms with Gasteiger partial charge in [0.05, 0.1) is 48.9 Å². The van der Waals surface area contributed by atoms with E-state index in [9.17, 15) is 40.7 Å². The molecule has 0 saturated heterocycles. The molecule has 6 aromatic carbocycles. The molecule has 0 fully saturated rings. The molecule has 0 amide bonds. The molecule has 0 spiro atoms. The molecule has 10 rings (SSSR count). The van der Waals surface area contributed by atoms with Crippen LogP contribution < -0.4 is 30.0 Å². The number of aromatic amines is 2. The van der Waals surface area contributed by atoms with Crippen LogP contribution >= 0.6 is 0 Å². The van der Waals surface area contributed by atoms with Crippen LogP contribution in [0.25, 0.3) is 22.1 Å². The minimum atomic E-state index is -5.77. The number of halogens is 6. The Bertz CT molecular complexity index is 3060. The number of ether oxygens (including phenoxy) is 4. The second-order valence-electron chi connectivity index (χ2n) is 16.2. The molecule has 13 nitrogen and oxygen atoms in total. The molecular formula is C52H46F6N6O7. The lowest BCUT2D eigenvalue weighted by Gasteiger charge is -2.15. The van der Waals surface area contributed by atoms with Crippen molar-refractivity contribution in [1.29, 1.82) is 0 Å². The maximum absolute atomic E-state index is 11.2. The number of alkyl halides is 6. The number of fused-ring (bicyclic) bond motifs is 4. The molecule has 2 heterocycles. The number of H-pyrrole nitrogens is 2.